The third-order valence-corrected chi connectivity index (χ3v) is 9.23. The van der Waals surface area contributed by atoms with E-state index in [1.807, 2.05) is 11.1 Å². The smallest absolute Gasteiger partial charge is 0.288 e. The van der Waals surface area contributed by atoms with Crippen LogP contribution < -0.4 is 15.6 Å². The molecule has 4 rings (SSSR count). The summed E-state index contributed by atoms with van der Waals surface area (Å²) in [6.45, 7) is 0.576. The summed E-state index contributed by atoms with van der Waals surface area (Å²) in [5.41, 5.74) is 0. The largest absolute Gasteiger partial charge is 0.401 e. The van der Waals surface area contributed by atoms with Gasteiger partial charge in [-0.15, -0.1) is 0 Å². The fraction of sp³-hybridized carbons (Fsp3) is 0.130. The third kappa shape index (κ3) is 3.85. The van der Waals surface area contributed by atoms with E-state index in [1.54, 1.807) is 0 Å². The molecule has 136 valence electrons. The molecule has 0 aliphatic carbocycles. The number of benzene rings is 3. The molecule has 0 bridgehead atoms. The Morgan fingerprint density at radius 2 is 1.22 bits per heavy atom. The van der Waals surface area contributed by atoms with Crippen molar-refractivity contribution in [3.63, 3.8) is 0 Å². The maximum atomic E-state index is 6.85. The minimum Gasteiger partial charge on any atom is -0.401 e. The van der Waals surface area contributed by atoms with E-state index in [9.17, 15) is 0 Å². The van der Waals surface area contributed by atoms with Crippen LogP contribution in [-0.4, -0.2) is 27.1 Å². The van der Waals surface area contributed by atoms with Crippen LogP contribution in [0.1, 0.15) is 0 Å². The molecule has 4 heteroatoms. The summed E-state index contributed by atoms with van der Waals surface area (Å²) in [5.74, 6) is 0. The maximum absolute atomic E-state index is 6.85. The highest BCUT2D eigenvalue weighted by Gasteiger charge is 2.45. The topological polar surface area (TPSA) is 21.8 Å². The first-order valence-corrected chi connectivity index (χ1v) is 11.9. The van der Waals surface area contributed by atoms with Crippen molar-refractivity contribution in [1.29, 1.82) is 0 Å². The van der Waals surface area contributed by atoms with Crippen LogP contribution in [0.25, 0.3) is 0 Å². The molecule has 0 aromatic heterocycles. The Morgan fingerprint density at radius 3 is 1.63 bits per heavy atom. The predicted molar refractivity (Wildman–Crippen MR) is 117 cm³/mol. The average Bonchev–Trinajstić information content (AvgIpc) is 3.49. The lowest BCUT2D eigenvalue weighted by Gasteiger charge is -2.33. The second-order valence-corrected chi connectivity index (χ2v) is 10.5. The number of ether oxygens (including phenoxy) is 1. The molecule has 3 aromatic rings. The Bertz CT molecular complexity index is 787. The molecule has 1 aliphatic heterocycles. The molecule has 0 N–H and O–H groups in total. The average molecular weight is 437 g/mol. The highest BCUT2D eigenvalue weighted by molar-refractivity contribution is 9.11. The van der Waals surface area contributed by atoms with Crippen LogP contribution >= 0.6 is 15.9 Å². The Labute approximate surface area is 169 Å². The van der Waals surface area contributed by atoms with E-state index in [1.165, 1.54) is 15.6 Å². The Kier molecular flexibility index (Phi) is 5.69. The van der Waals surface area contributed by atoms with Gasteiger partial charge in [-0.2, -0.15) is 0 Å². The van der Waals surface area contributed by atoms with Crippen LogP contribution in [0.5, 0.6) is 0 Å². The molecule has 27 heavy (non-hydrogen) atoms. The van der Waals surface area contributed by atoms with E-state index in [-0.39, 0.29) is 12.2 Å². The number of rotatable bonds is 7. The fourth-order valence-electron chi connectivity index (χ4n) is 3.51. The summed E-state index contributed by atoms with van der Waals surface area (Å²) in [5, 5.41) is 3.74. The van der Waals surface area contributed by atoms with E-state index in [4.69, 9.17) is 9.16 Å². The van der Waals surface area contributed by atoms with Crippen LogP contribution in [0.15, 0.2) is 102 Å². The van der Waals surface area contributed by atoms with Crippen LogP contribution in [0.3, 0.4) is 0 Å². The summed E-state index contributed by atoms with van der Waals surface area (Å²) in [6.07, 6.45) is 2.27. The lowest BCUT2D eigenvalue weighted by molar-refractivity contribution is 0.264. The normalized spacial score (nSPS) is 19.3. The summed E-state index contributed by atoms with van der Waals surface area (Å²) < 4.78 is 12.6. The van der Waals surface area contributed by atoms with Gasteiger partial charge in [-0.05, 0) is 26.6 Å². The Balaban J connectivity index is 1.79. The SMILES string of the molecule is Br/C=C/C1OC1CO[Si](c1ccccc1)(c1ccccc1)c1ccccc1. The van der Waals surface area contributed by atoms with Crippen LogP contribution in [0, 0.1) is 0 Å². The van der Waals surface area contributed by atoms with Gasteiger partial charge in [-0.3, -0.25) is 0 Å². The lowest BCUT2D eigenvalue weighted by Crippen LogP contribution is -2.69. The highest BCUT2D eigenvalue weighted by Crippen LogP contribution is 2.25. The van der Waals surface area contributed by atoms with Crippen molar-refractivity contribution in [2.75, 3.05) is 6.61 Å². The zero-order chi connectivity index (χ0) is 18.5. The zero-order valence-corrected chi connectivity index (χ0v) is 17.5. The second-order valence-electron chi connectivity index (χ2n) is 6.55. The molecule has 1 aliphatic rings. The van der Waals surface area contributed by atoms with Gasteiger partial charge in [0, 0.05) is 0 Å². The van der Waals surface area contributed by atoms with Crippen molar-refractivity contribution < 1.29 is 9.16 Å². The van der Waals surface area contributed by atoms with Gasteiger partial charge in [0.2, 0.25) is 0 Å². The number of hydrogen-bond donors (Lipinski definition) is 0. The van der Waals surface area contributed by atoms with Gasteiger partial charge in [-0.1, -0.05) is 107 Å². The Hall–Kier alpha value is -1.98. The van der Waals surface area contributed by atoms with Gasteiger partial charge >= 0.3 is 0 Å². The highest BCUT2D eigenvalue weighted by atomic mass is 79.9. The van der Waals surface area contributed by atoms with Crippen molar-refractivity contribution in [2.24, 2.45) is 0 Å². The molecular weight excluding hydrogens is 416 g/mol. The van der Waals surface area contributed by atoms with Gasteiger partial charge < -0.3 is 9.16 Å². The molecule has 2 unspecified atom stereocenters. The van der Waals surface area contributed by atoms with E-state index < -0.39 is 8.32 Å². The van der Waals surface area contributed by atoms with Crippen molar-refractivity contribution >= 4 is 39.8 Å². The summed E-state index contributed by atoms with van der Waals surface area (Å²) in [6, 6.07) is 31.9. The summed E-state index contributed by atoms with van der Waals surface area (Å²) in [7, 11) is -2.61. The molecule has 0 amide bonds. The van der Waals surface area contributed by atoms with Gasteiger partial charge in [0.05, 0.1) is 6.61 Å². The van der Waals surface area contributed by atoms with Gasteiger partial charge in [0.15, 0.2) is 0 Å². The van der Waals surface area contributed by atoms with Crippen molar-refractivity contribution in [3.05, 3.63) is 102 Å². The summed E-state index contributed by atoms with van der Waals surface area (Å²) in [4.78, 5) is 1.86. The van der Waals surface area contributed by atoms with E-state index >= 15 is 0 Å². The molecule has 1 fully saturated rings. The molecule has 0 spiro atoms. The monoisotopic (exact) mass is 436 g/mol. The maximum Gasteiger partial charge on any atom is 0.288 e. The number of hydrogen-bond acceptors (Lipinski definition) is 2. The number of epoxide rings is 1. The molecule has 2 nitrogen and oxygen atoms in total. The fourth-order valence-corrected chi connectivity index (χ4v) is 7.71. The van der Waals surface area contributed by atoms with Crippen LogP contribution in [0.4, 0.5) is 0 Å². The molecule has 0 saturated carbocycles. The van der Waals surface area contributed by atoms with E-state index in [2.05, 4.69) is 107 Å². The minimum atomic E-state index is -2.61. The van der Waals surface area contributed by atoms with Crippen LogP contribution in [0.2, 0.25) is 0 Å². The van der Waals surface area contributed by atoms with Crippen LogP contribution in [-0.2, 0) is 9.16 Å². The van der Waals surface area contributed by atoms with Crippen molar-refractivity contribution in [2.45, 2.75) is 12.2 Å². The first-order chi connectivity index (χ1) is 13.3. The van der Waals surface area contributed by atoms with Crippen molar-refractivity contribution in [1.82, 2.24) is 0 Å². The zero-order valence-electron chi connectivity index (χ0n) is 14.9. The molecular formula is C23H21BrO2Si. The first-order valence-electron chi connectivity index (χ1n) is 9.07. The standard InChI is InChI=1S/C23H21BrO2Si/c24-17-16-22-23(26-22)18-25-27(19-10-4-1-5-11-19,20-12-6-2-7-13-20)21-14-8-3-9-15-21/h1-17,22-23H,18H2/b17-16+. The minimum absolute atomic E-state index is 0.113. The third-order valence-electron chi connectivity index (χ3n) is 4.89. The van der Waals surface area contributed by atoms with E-state index in [0.717, 1.165) is 0 Å². The second kappa shape index (κ2) is 8.36. The Morgan fingerprint density at radius 1 is 0.778 bits per heavy atom. The van der Waals surface area contributed by atoms with E-state index in [0.29, 0.717) is 6.61 Å². The molecule has 0 radical (unpaired) electrons. The van der Waals surface area contributed by atoms with Gasteiger partial charge in [0.1, 0.15) is 12.2 Å². The molecule has 1 saturated heterocycles. The van der Waals surface area contributed by atoms with Gasteiger partial charge in [0.25, 0.3) is 8.32 Å². The molecule has 3 aromatic carbocycles. The predicted octanol–water partition coefficient (Wildman–Crippen LogP) is 3.35. The van der Waals surface area contributed by atoms with Crippen molar-refractivity contribution in [3.8, 4) is 0 Å². The molecule has 1 heterocycles. The quantitative estimate of drug-likeness (QED) is 0.321. The summed E-state index contributed by atoms with van der Waals surface area (Å²) >= 11 is 3.33. The lowest BCUT2D eigenvalue weighted by atomic mass is 10.3. The number of halogens is 1. The van der Waals surface area contributed by atoms with Gasteiger partial charge in [-0.25, -0.2) is 0 Å². The molecule has 2 atom stereocenters. The first kappa shape index (κ1) is 18.4.